The summed E-state index contributed by atoms with van der Waals surface area (Å²) in [5.74, 6) is -0.863. The molecule has 0 bridgehead atoms. The molecule has 0 spiro atoms. The molecule has 0 aliphatic carbocycles. The number of carbonyl (C=O) groups excluding carboxylic acids is 1. The van der Waals surface area contributed by atoms with Crippen molar-refractivity contribution >= 4 is 12.1 Å². The van der Waals surface area contributed by atoms with Gasteiger partial charge in [0.15, 0.2) is 0 Å². The van der Waals surface area contributed by atoms with Gasteiger partial charge in [-0.2, -0.15) is 0 Å². The summed E-state index contributed by atoms with van der Waals surface area (Å²) in [4.78, 5) is 28.2. The quantitative estimate of drug-likeness (QED) is 0.863. The number of carbonyl (C=O) groups is 2. The summed E-state index contributed by atoms with van der Waals surface area (Å²) in [6, 6.07) is 4.40. The number of nitrogens with zero attached hydrogens (tertiary/aromatic N) is 2. The van der Waals surface area contributed by atoms with Gasteiger partial charge in [-0.05, 0) is 24.5 Å². The molecule has 0 aromatic carbocycles. The lowest BCUT2D eigenvalue weighted by atomic mass is 10.0. The van der Waals surface area contributed by atoms with Crippen LogP contribution in [-0.2, 0) is 16.1 Å². The minimum Gasteiger partial charge on any atom is -0.480 e. The highest BCUT2D eigenvalue weighted by Crippen LogP contribution is 2.12. The van der Waals surface area contributed by atoms with Crippen LogP contribution in [0.1, 0.15) is 26.0 Å². The van der Waals surface area contributed by atoms with E-state index in [1.807, 2.05) is 13.8 Å². The highest BCUT2D eigenvalue weighted by atomic mass is 16.6. The van der Waals surface area contributed by atoms with Crippen LogP contribution in [0, 0.1) is 5.92 Å². The molecule has 20 heavy (non-hydrogen) atoms. The molecule has 1 aromatic rings. The molecule has 0 fully saturated rings. The zero-order chi connectivity index (χ0) is 15.1. The lowest BCUT2D eigenvalue weighted by Gasteiger charge is -2.25. The summed E-state index contributed by atoms with van der Waals surface area (Å²) in [5, 5.41) is 9.16. The second kappa shape index (κ2) is 7.47. The molecule has 0 unspecified atom stereocenters. The highest BCUT2D eigenvalue weighted by molar-refractivity contribution is 5.79. The zero-order valence-electron chi connectivity index (χ0n) is 11.9. The molecular weight excluding hydrogens is 260 g/mol. The number of hydrogen-bond acceptors (Lipinski definition) is 4. The van der Waals surface area contributed by atoms with E-state index in [2.05, 4.69) is 4.98 Å². The number of hydrogen-bond donors (Lipinski definition) is 1. The Bertz CT molecular complexity index is 448. The minimum absolute atomic E-state index is 0.0258. The maximum Gasteiger partial charge on any atom is 0.410 e. The third-order valence-corrected chi connectivity index (χ3v) is 2.80. The van der Waals surface area contributed by atoms with E-state index in [1.165, 1.54) is 7.05 Å². The van der Waals surface area contributed by atoms with E-state index in [0.717, 1.165) is 4.90 Å². The van der Waals surface area contributed by atoms with Crippen LogP contribution < -0.4 is 0 Å². The molecule has 1 heterocycles. The van der Waals surface area contributed by atoms with E-state index in [0.29, 0.717) is 12.1 Å². The first-order valence-corrected chi connectivity index (χ1v) is 6.44. The number of ether oxygens (including phenoxy) is 1. The molecule has 0 saturated heterocycles. The zero-order valence-corrected chi connectivity index (χ0v) is 11.9. The summed E-state index contributed by atoms with van der Waals surface area (Å²) in [5.41, 5.74) is 0.616. The molecule has 1 N–H and O–H groups in total. The first-order chi connectivity index (χ1) is 9.41. The normalized spacial score (nSPS) is 12.0. The summed E-state index contributed by atoms with van der Waals surface area (Å²) in [6.07, 6.45) is 1.32. The fourth-order valence-corrected chi connectivity index (χ4v) is 1.72. The van der Waals surface area contributed by atoms with Gasteiger partial charge in [0.2, 0.25) is 0 Å². The van der Waals surface area contributed by atoms with Crippen molar-refractivity contribution in [3.8, 4) is 0 Å². The SMILES string of the molecule is CC(C)C[C@@H](C(=O)O)N(C)C(=O)OCc1ccccn1. The molecule has 1 aromatic heterocycles. The molecular formula is C14H20N2O4. The second-order valence-corrected chi connectivity index (χ2v) is 4.97. The van der Waals surface area contributed by atoms with Crippen LogP contribution >= 0.6 is 0 Å². The van der Waals surface area contributed by atoms with Crippen molar-refractivity contribution in [1.29, 1.82) is 0 Å². The standard InChI is InChI=1S/C14H20N2O4/c1-10(2)8-12(13(17)18)16(3)14(19)20-9-11-6-4-5-7-15-11/h4-7,10,12H,8-9H2,1-3H3,(H,17,18)/t12-/m0/s1. The minimum atomic E-state index is -1.03. The Morgan fingerprint density at radius 1 is 1.40 bits per heavy atom. The number of aliphatic carboxylic acids is 1. The summed E-state index contributed by atoms with van der Waals surface area (Å²) in [6.45, 7) is 3.84. The van der Waals surface area contributed by atoms with E-state index in [1.54, 1.807) is 24.4 Å². The molecule has 110 valence electrons. The van der Waals surface area contributed by atoms with Crippen molar-refractivity contribution in [3.05, 3.63) is 30.1 Å². The van der Waals surface area contributed by atoms with Gasteiger partial charge in [-0.15, -0.1) is 0 Å². The van der Waals surface area contributed by atoms with Gasteiger partial charge in [0, 0.05) is 13.2 Å². The first-order valence-electron chi connectivity index (χ1n) is 6.44. The van der Waals surface area contributed by atoms with Gasteiger partial charge in [0.05, 0.1) is 5.69 Å². The number of rotatable bonds is 6. The lowest BCUT2D eigenvalue weighted by molar-refractivity contribution is -0.142. The van der Waals surface area contributed by atoms with Gasteiger partial charge in [0.1, 0.15) is 12.6 Å². The van der Waals surface area contributed by atoms with Crippen molar-refractivity contribution in [3.63, 3.8) is 0 Å². The van der Waals surface area contributed by atoms with Gasteiger partial charge in [-0.25, -0.2) is 9.59 Å². The Morgan fingerprint density at radius 3 is 2.60 bits per heavy atom. The Labute approximate surface area is 118 Å². The van der Waals surface area contributed by atoms with Gasteiger partial charge >= 0.3 is 12.1 Å². The largest absolute Gasteiger partial charge is 0.480 e. The summed E-state index contributed by atoms with van der Waals surface area (Å²) in [7, 11) is 1.43. The van der Waals surface area contributed by atoms with Crippen LogP contribution in [-0.4, -0.2) is 40.1 Å². The molecule has 0 aliphatic rings. The molecule has 6 nitrogen and oxygen atoms in total. The first kappa shape index (κ1) is 15.9. The van der Waals surface area contributed by atoms with Crippen LogP contribution in [0.2, 0.25) is 0 Å². The monoisotopic (exact) mass is 280 g/mol. The van der Waals surface area contributed by atoms with Crippen molar-refractivity contribution in [1.82, 2.24) is 9.88 Å². The molecule has 0 saturated carbocycles. The van der Waals surface area contributed by atoms with E-state index < -0.39 is 18.1 Å². The second-order valence-electron chi connectivity index (χ2n) is 4.97. The third-order valence-electron chi connectivity index (χ3n) is 2.80. The van der Waals surface area contributed by atoms with Crippen molar-refractivity contribution < 1.29 is 19.4 Å². The molecule has 1 rings (SSSR count). The Hall–Kier alpha value is -2.11. The predicted octanol–water partition coefficient (Wildman–Crippen LogP) is 2.15. The van der Waals surface area contributed by atoms with Gasteiger partial charge in [0.25, 0.3) is 0 Å². The van der Waals surface area contributed by atoms with Gasteiger partial charge in [-0.1, -0.05) is 19.9 Å². The van der Waals surface area contributed by atoms with E-state index in [4.69, 9.17) is 9.84 Å². The predicted molar refractivity (Wildman–Crippen MR) is 73.1 cm³/mol. The maximum atomic E-state index is 11.9. The Morgan fingerprint density at radius 2 is 2.10 bits per heavy atom. The van der Waals surface area contributed by atoms with Crippen molar-refractivity contribution in [2.75, 3.05) is 7.05 Å². The average molecular weight is 280 g/mol. The average Bonchev–Trinajstić information content (AvgIpc) is 2.42. The van der Waals surface area contributed by atoms with Crippen LogP contribution in [0.3, 0.4) is 0 Å². The highest BCUT2D eigenvalue weighted by Gasteiger charge is 2.28. The fourth-order valence-electron chi connectivity index (χ4n) is 1.72. The molecule has 6 heteroatoms. The van der Waals surface area contributed by atoms with Crippen LogP contribution in [0.25, 0.3) is 0 Å². The smallest absolute Gasteiger partial charge is 0.410 e. The number of aromatic nitrogens is 1. The third kappa shape index (κ3) is 4.87. The molecule has 1 amide bonds. The topological polar surface area (TPSA) is 79.7 Å². The van der Waals surface area contributed by atoms with Gasteiger partial charge < -0.3 is 9.84 Å². The van der Waals surface area contributed by atoms with E-state index >= 15 is 0 Å². The number of carboxylic acids is 1. The van der Waals surface area contributed by atoms with Crippen LogP contribution in [0.4, 0.5) is 4.79 Å². The van der Waals surface area contributed by atoms with Crippen LogP contribution in [0.15, 0.2) is 24.4 Å². The fraction of sp³-hybridized carbons (Fsp3) is 0.500. The van der Waals surface area contributed by atoms with E-state index in [9.17, 15) is 9.59 Å². The summed E-state index contributed by atoms with van der Waals surface area (Å²) < 4.78 is 5.06. The number of amides is 1. The Kier molecular flexibility index (Phi) is 5.96. The lowest BCUT2D eigenvalue weighted by Crippen LogP contribution is -2.43. The van der Waals surface area contributed by atoms with E-state index in [-0.39, 0.29) is 12.5 Å². The van der Waals surface area contributed by atoms with Gasteiger partial charge in [-0.3, -0.25) is 9.88 Å². The molecule has 0 aliphatic heterocycles. The van der Waals surface area contributed by atoms with Crippen molar-refractivity contribution in [2.24, 2.45) is 5.92 Å². The van der Waals surface area contributed by atoms with Crippen molar-refractivity contribution in [2.45, 2.75) is 32.9 Å². The number of carboxylic acid groups (broad SMARTS) is 1. The Balaban J connectivity index is 2.58. The molecule has 0 radical (unpaired) electrons. The number of likely N-dealkylation sites (N-methyl/N-ethyl adjacent to an activating group) is 1. The van der Waals surface area contributed by atoms with Crippen LogP contribution in [0.5, 0.6) is 0 Å². The maximum absolute atomic E-state index is 11.9. The summed E-state index contributed by atoms with van der Waals surface area (Å²) >= 11 is 0. The number of pyridine rings is 1. The molecule has 1 atom stereocenters.